The van der Waals surface area contributed by atoms with Crippen LogP contribution in [0.25, 0.3) is 0 Å². The van der Waals surface area contributed by atoms with Gasteiger partial charge in [0.25, 0.3) is 0 Å². The number of carbonyl (C=O) groups excluding carboxylic acids is 1. The van der Waals surface area contributed by atoms with E-state index in [9.17, 15) is 4.79 Å². The molecule has 1 fully saturated rings. The van der Waals surface area contributed by atoms with Crippen molar-refractivity contribution in [3.05, 3.63) is 0 Å². The van der Waals surface area contributed by atoms with Gasteiger partial charge in [-0.05, 0) is 39.5 Å². The predicted molar refractivity (Wildman–Crippen MR) is 67.2 cm³/mol. The Morgan fingerprint density at radius 3 is 2.53 bits per heavy atom. The molecule has 1 heterocycles. The van der Waals surface area contributed by atoms with Gasteiger partial charge in [0.15, 0.2) is 0 Å². The quantitative estimate of drug-likeness (QED) is 0.709. The number of amides is 1. The molecule has 0 aromatic heterocycles. The highest BCUT2D eigenvalue weighted by Crippen LogP contribution is 2.28. The molecule has 0 radical (unpaired) electrons. The third-order valence-corrected chi connectivity index (χ3v) is 3.67. The molecule has 0 spiro atoms. The van der Waals surface area contributed by atoms with Crippen molar-refractivity contribution in [2.45, 2.75) is 57.3 Å². The summed E-state index contributed by atoms with van der Waals surface area (Å²) in [6.07, 6.45) is 3.59. The third-order valence-electron chi connectivity index (χ3n) is 3.33. The van der Waals surface area contributed by atoms with Crippen LogP contribution in [-0.2, 0) is 4.79 Å². The number of rotatable bonds is 2. The van der Waals surface area contributed by atoms with Gasteiger partial charge in [-0.3, -0.25) is 4.79 Å². The fraction of sp³-hybridized carbons (Fsp3) is 0.917. The van der Waals surface area contributed by atoms with Crippen LogP contribution in [0, 0.1) is 5.92 Å². The number of hydrogen-bond donors (Lipinski definition) is 0. The van der Waals surface area contributed by atoms with Crippen LogP contribution in [0.2, 0.25) is 0 Å². The molecule has 88 valence electrons. The molecule has 0 aromatic rings. The second-order valence-corrected chi connectivity index (χ2v) is 7.11. The van der Waals surface area contributed by atoms with Gasteiger partial charge in [-0.25, -0.2) is 0 Å². The van der Waals surface area contributed by atoms with Gasteiger partial charge < -0.3 is 4.90 Å². The zero-order valence-electron chi connectivity index (χ0n) is 10.2. The summed E-state index contributed by atoms with van der Waals surface area (Å²) >= 11 is 3.46. The van der Waals surface area contributed by atoms with E-state index >= 15 is 0 Å². The Morgan fingerprint density at radius 2 is 2.07 bits per heavy atom. The SMILES string of the molecule is CCC1CCC(C)N(C(=O)C(C)(C)Br)C1. The van der Waals surface area contributed by atoms with Crippen molar-refractivity contribution in [1.29, 1.82) is 0 Å². The maximum atomic E-state index is 12.2. The third kappa shape index (κ3) is 3.20. The largest absolute Gasteiger partial charge is 0.339 e. The zero-order chi connectivity index (χ0) is 11.6. The molecule has 2 atom stereocenters. The van der Waals surface area contributed by atoms with E-state index in [4.69, 9.17) is 0 Å². The molecular formula is C12H22BrNO. The number of piperidine rings is 1. The van der Waals surface area contributed by atoms with Crippen LogP contribution in [0.1, 0.15) is 47.0 Å². The Balaban J connectivity index is 2.70. The molecule has 3 heteroatoms. The van der Waals surface area contributed by atoms with E-state index in [1.165, 1.54) is 12.8 Å². The summed E-state index contributed by atoms with van der Waals surface area (Å²) in [7, 11) is 0. The topological polar surface area (TPSA) is 20.3 Å². The Morgan fingerprint density at radius 1 is 1.47 bits per heavy atom. The summed E-state index contributed by atoms with van der Waals surface area (Å²) in [6.45, 7) is 9.16. The average Bonchev–Trinajstić information content (AvgIpc) is 2.16. The molecule has 0 aliphatic carbocycles. The first-order valence-electron chi connectivity index (χ1n) is 5.86. The van der Waals surface area contributed by atoms with Crippen LogP contribution >= 0.6 is 15.9 Å². The maximum absolute atomic E-state index is 12.2. The molecule has 2 unspecified atom stereocenters. The van der Waals surface area contributed by atoms with Gasteiger partial charge in [0.05, 0.1) is 4.32 Å². The minimum Gasteiger partial charge on any atom is -0.339 e. The van der Waals surface area contributed by atoms with Gasteiger partial charge in [0.1, 0.15) is 0 Å². The maximum Gasteiger partial charge on any atom is 0.239 e. The summed E-state index contributed by atoms with van der Waals surface area (Å²) in [4.78, 5) is 14.2. The highest BCUT2D eigenvalue weighted by Gasteiger charge is 2.35. The summed E-state index contributed by atoms with van der Waals surface area (Å²) < 4.78 is -0.420. The molecule has 0 aromatic carbocycles. The summed E-state index contributed by atoms with van der Waals surface area (Å²) in [5.41, 5.74) is 0. The highest BCUT2D eigenvalue weighted by molar-refractivity contribution is 9.10. The first-order valence-corrected chi connectivity index (χ1v) is 6.65. The van der Waals surface area contributed by atoms with Crippen molar-refractivity contribution in [2.75, 3.05) is 6.54 Å². The monoisotopic (exact) mass is 275 g/mol. The van der Waals surface area contributed by atoms with Gasteiger partial charge in [0, 0.05) is 12.6 Å². The van der Waals surface area contributed by atoms with E-state index in [0.29, 0.717) is 12.0 Å². The predicted octanol–water partition coefficient (Wildman–Crippen LogP) is 3.20. The molecule has 1 aliphatic rings. The number of carbonyl (C=O) groups is 1. The first kappa shape index (κ1) is 13.0. The molecule has 1 saturated heterocycles. The second-order valence-electron chi connectivity index (χ2n) is 5.13. The lowest BCUT2D eigenvalue weighted by molar-refractivity contribution is -0.137. The Bertz CT molecular complexity index is 234. The van der Waals surface area contributed by atoms with Crippen molar-refractivity contribution in [2.24, 2.45) is 5.92 Å². The normalized spacial score (nSPS) is 27.9. The number of nitrogens with zero attached hydrogens (tertiary/aromatic N) is 1. The van der Waals surface area contributed by atoms with Crippen LogP contribution in [0.15, 0.2) is 0 Å². The summed E-state index contributed by atoms with van der Waals surface area (Å²) in [5, 5.41) is 0. The lowest BCUT2D eigenvalue weighted by atomic mass is 9.91. The van der Waals surface area contributed by atoms with Gasteiger partial charge in [-0.15, -0.1) is 0 Å². The van der Waals surface area contributed by atoms with Gasteiger partial charge in [0.2, 0.25) is 5.91 Å². The number of hydrogen-bond acceptors (Lipinski definition) is 1. The number of alkyl halides is 1. The smallest absolute Gasteiger partial charge is 0.239 e. The molecule has 1 aliphatic heterocycles. The van der Waals surface area contributed by atoms with E-state index in [2.05, 4.69) is 29.8 Å². The molecular weight excluding hydrogens is 254 g/mol. The van der Waals surface area contributed by atoms with Crippen molar-refractivity contribution < 1.29 is 4.79 Å². The van der Waals surface area contributed by atoms with E-state index in [0.717, 1.165) is 13.0 Å². The number of likely N-dealkylation sites (tertiary alicyclic amines) is 1. The molecule has 15 heavy (non-hydrogen) atoms. The zero-order valence-corrected chi connectivity index (χ0v) is 11.8. The first-order chi connectivity index (χ1) is 6.86. The molecule has 0 bridgehead atoms. The van der Waals surface area contributed by atoms with Gasteiger partial charge in [-0.1, -0.05) is 29.3 Å². The van der Waals surface area contributed by atoms with E-state index < -0.39 is 4.32 Å². The Kier molecular flexibility index (Phi) is 4.21. The molecule has 0 saturated carbocycles. The standard InChI is InChI=1S/C12H22BrNO/c1-5-10-7-6-9(2)14(8-10)11(15)12(3,4)13/h9-10H,5-8H2,1-4H3. The van der Waals surface area contributed by atoms with Crippen molar-refractivity contribution >= 4 is 21.8 Å². The van der Waals surface area contributed by atoms with E-state index in [1.807, 2.05) is 18.7 Å². The molecule has 1 rings (SSSR count). The van der Waals surface area contributed by atoms with Crippen LogP contribution in [0.3, 0.4) is 0 Å². The molecule has 0 N–H and O–H groups in total. The average molecular weight is 276 g/mol. The Hall–Kier alpha value is -0.0500. The van der Waals surface area contributed by atoms with Crippen molar-refractivity contribution in [3.8, 4) is 0 Å². The second kappa shape index (κ2) is 4.86. The molecule has 1 amide bonds. The summed E-state index contributed by atoms with van der Waals surface area (Å²) in [5.74, 6) is 0.924. The van der Waals surface area contributed by atoms with E-state index in [1.54, 1.807) is 0 Å². The highest BCUT2D eigenvalue weighted by atomic mass is 79.9. The molecule has 2 nitrogen and oxygen atoms in total. The lowest BCUT2D eigenvalue weighted by Crippen LogP contribution is -2.50. The van der Waals surface area contributed by atoms with Crippen LogP contribution in [-0.4, -0.2) is 27.7 Å². The minimum atomic E-state index is -0.420. The summed E-state index contributed by atoms with van der Waals surface area (Å²) in [6, 6.07) is 0.400. The van der Waals surface area contributed by atoms with Crippen LogP contribution in [0.4, 0.5) is 0 Å². The van der Waals surface area contributed by atoms with Crippen molar-refractivity contribution in [3.63, 3.8) is 0 Å². The van der Waals surface area contributed by atoms with Crippen molar-refractivity contribution in [1.82, 2.24) is 4.90 Å². The Labute approximate surface area is 102 Å². The fourth-order valence-corrected chi connectivity index (χ4v) is 2.37. The van der Waals surface area contributed by atoms with Gasteiger partial charge in [-0.2, -0.15) is 0 Å². The lowest BCUT2D eigenvalue weighted by Gasteiger charge is -2.40. The number of halogens is 1. The van der Waals surface area contributed by atoms with E-state index in [-0.39, 0.29) is 5.91 Å². The van der Waals surface area contributed by atoms with Crippen LogP contribution in [0.5, 0.6) is 0 Å². The van der Waals surface area contributed by atoms with Gasteiger partial charge >= 0.3 is 0 Å². The fourth-order valence-electron chi connectivity index (χ4n) is 2.14. The minimum absolute atomic E-state index is 0.230. The van der Waals surface area contributed by atoms with Crippen LogP contribution < -0.4 is 0 Å².